The average molecular weight is 356 g/mol. The number of amides is 1. The SMILES string of the molecule is CN1CCc2cc([C@H](CNC(=O)C3CCCCC3)N3CCCC3)ccc21. The smallest absolute Gasteiger partial charge is 0.223 e. The number of nitrogens with zero attached hydrogens (tertiary/aromatic N) is 2. The molecule has 1 aromatic carbocycles. The third-order valence-electron chi connectivity index (χ3n) is 6.64. The Morgan fingerprint density at radius 3 is 2.65 bits per heavy atom. The molecule has 4 nitrogen and oxygen atoms in total. The molecule has 2 heterocycles. The monoisotopic (exact) mass is 355 g/mol. The maximum atomic E-state index is 12.6. The van der Waals surface area contributed by atoms with Crippen LogP contribution in [0.2, 0.25) is 0 Å². The first-order valence-corrected chi connectivity index (χ1v) is 10.6. The Morgan fingerprint density at radius 1 is 1.12 bits per heavy atom. The zero-order valence-electron chi connectivity index (χ0n) is 16.2. The molecule has 26 heavy (non-hydrogen) atoms. The standard InChI is InChI=1S/C22H33N3O/c1-24-14-11-19-15-18(9-10-20(19)24)21(25-12-5-6-13-25)16-23-22(26)17-7-3-2-4-8-17/h9-10,15,17,21H,2-8,11-14,16H2,1H3,(H,23,26)/t21-/m0/s1. The summed E-state index contributed by atoms with van der Waals surface area (Å²) in [6, 6.07) is 7.29. The lowest BCUT2D eigenvalue weighted by molar-refractivity contribution is -0.126. The highest BCUT2D eigenvalue weighted by atomic mass is 16.1. The molecule has 1 aromatic rings. The van der Waals surface area contributed by atoms with E-state index in [1.165, 1.54) is 48.9 Å². The summed E-state index contributed by atoms with van der Waals surface area (Å²) in [5.74, 6) is 0.534. The molecule has 0 bridgehead atoms. The van der Waals surface area contributed by atoms with Gasteiger partial charge in [0, 0.05) is 31.7 Å². The van der Waals surface area contributed by atoms with Crippen molar-refractivity contribution in [2.75, 3.05) is 38.1 Å². The fourth-order valence-corrected chi connectivity index (χ4v) is 5.01. The largest absolute Gasteiger partial charge is 0.374 e. The molecule has 1 atom stereocenters. The predicted molar refractivity (Wildman–Crippen MR) is 107 cm³/mol. The van der Waals surface area contributed by atoms with Crippen molar-refractivity contribution in [3.05, 3.63) is 29.3 Å². The van der Waals surface area contributed by atoms with Gasteiger partial charge < -0.3 is 10.2 Å². The van der Waals surface area contributed by atoms with Gasteiger partial charge in [-0.1, -0.05) is 31.4 Å². The Bertz CT molecular complexity index is 632. The van der Waals surface area contributed by atoms with Gasteiger partial charge in [0.2, 0.25) is 5.91 Å². The fourth-order valence-electron chi connectivity index (χ4n) is 5.01. The van der Waals surface area contributed by atoms with E-state index < -0.39 is 0 Å². The van der Waals surface area contributed by atoms with Gasteiger partial charge in [-0.25, -0.2) is 0 Å². The van der Waals surface area contributed by atoms with Crippen LogP contribution >= 0.6 is 0 Å². The minimum Gasteiger partial charge on any atom is -0.374 e. The van der Waals surface area contributed by atoms with Gasteiger partial charge >= 0.3 is 0 Å². The molecule has 4 heteroatoms. The molecule has 0 aromatic heterocycles. The number of carbonyl (C=O) groups is 1. The first-order chi connectivity index (χ1) is 12.7. The number of nitrogens with one attached hydrogen (secondary N) is 1. The molecule has 1 saturated carbocycles. The van der Waals surface area contributed by atoms with E-state index in [-0.39, 0.29) is 11.8 Å². The number of anilines is 1. The fraction of sp³-hybridized carbons (Fsp3) is 0.682. The van der Waals surface area contributed by atoms with Gasteiger partial charge in [0.1, 0.15) is 0 Å². The number of likely N-dealkylation sites (tertiary alicyclic amines) is 1. The Labute approximate surface area is 157 Å². The maximum Gasteiger partial charge on any atom is 0.223 e. The number of carbonyl (C=O) groups excluding carboxylic acids is 1. The Hall–Kier alpha value is -1.55. The zero-order chi connectivity index (χ0) is 17.9. The number of hydrogen-bond acceptors (Lipinski definition) is 3. The summed E-state index contributed by atoms with van der Waals surface area (Å²) in [6.07, 6.45) is 9.57. The number of rotatable bonds is 5. The summed E-state index contributed by atoms with van der Waals surface area (Å²) < 4.78 is 0. The van der Waals surface area contributed by atoms with E-state index in [9.17, 15) is 4.79 Å². The van der Waals surface area contributed by atoms with E-state index in [2.05, 4.69) is 40.4 Å². The molecular weight excluding hydrogens is 322 g/mol. The minimum absolute atomic E-state index is 0.247. The number of fused-ring (bicyclic) bond motifs is 1. The van der Waals surface area contributed by atoms with E-state index in [1.54, 1.807) is 0 Å². The quantitative estimate of drug-likeness (QED) is 0.878. The maximum absolute atomic E-state index is 12.6. The molecule has 2 fully saturated rings. The van der Waals surface area contributed by atoms with Crippen molar-refractivity contribution in [1.82, 2.24) is 10.2 Å². The van der Waals surface area contributed by atoms with Crippen LogP contribution in [0, 0.1) is 5.92 Å². The molecule has 1 amide bonds. The zero-order valence-corrected chi connectivity index (χ0v) is 16.2. The molecule has 4 rings (SSSR count). The lowest BCUT2D eigenvalue weighted by atomic mass is 9.88. The molecular formula is C22H33N3O. The van der Waals surface area contributed by atoms with Gasteiger partial charge in [-0.2, -0.15) is 0 Å². The summed E-state index contributed by atoms with van der Waals surface area (Å²) in [6.45, 7) is 4.18. The summed E-state index contributed by atoms with van der Waals surface area (Å²) in [7, 11) is 2.17. The van der Waals surface area contributed by atoms with Gasteiger partial charge in [0.25, 0.3) is 0 Å². The summed E-state index contributed by atoms with van der Waals surface area (Å²) in [5.41, 5.74) is 4.22. The molecule has 2 aliphatic heterocycles. The van der Waals surface area contributed by atoms with E-state index in [0.717, 1.165) is 45.4 Å². The normalized spacial score (nSPS) is 22.4. The van der Waals surface area contributed by atoms with E-state index in [1.807, 2.05) is 0 Å². The lowest BCUT2D eigenvalue weighted by Gasteiger charge is -2.30. The molecule has 1 saturated heterocycles. The van der Waals surface area contributed by atoms with Crippen LogP contribution in [0.3, 0.4) is 0 Å². The first-order valence-electron chi connectivity index (χ1n) is 10.6. The molecule has 1 N–H and O–H groups in total. The number of benzene rings is 1. The van der Waals surface area contributed by atoms with Crippen LogP contribution in [0.5, 0.6) is 0 Å². The van der Waals surface area contributed by atoms with Crippen molar-refractivity contribution in [2.24, 2.45) is 5.92 Å². The van der Waals surface area contributed by atoms with Gasteiger partial charge in [-0.05, 0) is 62.4 Å². The van der Waals surface area contributed by atoms with Crippen molar-refractivity contribution in [3.8, 4) is 0 Å². The number of likely N-dealkylation sites (N-methyl/N-ethyl adjacent to an activating group) is 1. The second-order valence-electron chi connectivity index (χ2n) is 8.40. The summed E-state index contributed by atoms with van der Waals surface area (Å²) in [5, 5.41) is 3.31. The Balaban J connectivity index is 1.47. The van der Waals surface area contributed by atoms with Crippen LogP contribution in [0.25, 0.3) is 0 Å². The number of hydrogen-bond donors (Lipinski definition) is 1. The van der Waals surface area contributed by atoms with Crippen molar-refractivity contribution >= 4 is 11.6 Å². The van der Waals surface area contributed by atoms with Crippen LogP contribution in [0.1, 0.15) is 62.1 Å². The third-order valence-corrected chi connectivity index (χ3v) is 6.64. The Kier molecular flexibility index (Phi) is 5.49. The highest BCUT2D eigenvalue weighted by Gasteiger charge is 2.27. The summed E-state index contributed by atoms with van der Waals surface area (Å²) in [4.78, 5) is 17.6. The highest BCUT2D eigenvalue weighted by molar-refractivity contribution is 5.78. The first kappa shape index (κ1) is 17.8. The second kappa shape index (κ2) is 7.99. The second-order valence-corrected chi connectivity index (χ2v) is 8.40. The molecule has 0 spiro atoms. The summed E-state index contributed by atoms with van der Waals surface area (Å²) >= 11 is 0. The van der Waals surface area contributed by atoms with Gasteiger partial charge in [0.15, 0.2) is 0 Å². The van der Waals surface area contributed by atoms with Crippen molar-refractivity contribution in [2.45, 2.75) is 57.4 Å². The van der Waals surface area contributed by atoms with Crippen LogP contribution in [-0.2, 0) is 11.2 Å². The van der Waals surface area contributed by atoms with E-state index >= 15 is 0 Å². The van der Waals surface area contributed by atoms with E-state index in [4.69, 9.17) is 0 Å². The Morgan fingerprint density at radius 2 is 1.88 bits per heavy atom. The molecule has 3 aliphatic rings. The van der Waals surface area contributed by atoms with Crippen LogP contribution in [-0.4, -0.2) is 44.0 Å². The van der Waals surface area contributed by atoms with Crippen molar-refractivity contribution in [1.29, 1.82) is 0 Å². The molecule has 0 radical (unpaired) electrons. The van der Waals surface area contributed by atoms with E-state index in [0.29, 0.717) is 6.04 Å². The van der Waals surface area contributed by atoms with Gasteiger partial charge in [0.05, 0.1) is 6.04 Å². The van der Waals surface area contributed by atoms with Crippen LogP contribution in [0.15, 0.2) is 18.2 Å². The third kappa shape index (κ3) is 3.75. The highest BCUT2D eigenvalue weighted by Crippen LogP contribution is 2.32. The predicted octanol–water partition coefficient (Wildman–Crippen LogP) is 3.51. The lowest BCUT2D eigenvalue weighted by Crippen LogP contribution is -2.39. The van der Waals surface area contributed by atoms with Crippen molar-refractivity contribution in [3.63, 3.8) is 0 Å². The minimum atomic E-state index is 0.247. The van der Waals surface area contributed by atoms with Crippen LogP contribution in [0.4, 0.5) is 5.69 Å². The molecule has 1 aliphatic carbocycles. The van der Waals surface area contributed by atoms with Gasteiger partial charge in [-0.15, -0.1) is 0 Å². The van der Waals surface area contributed by atoms with Crippen LogP contribution < -0.4 is 10.2 Å². The van der Waals surface area contributed by atoms with Crippen molar-refractivity contribution < 1.29 is 4.79 Å². The topological polar surface area (TPSA) is 35.6 Å². The van der Waals surface area contributed by atoms with Gasteiger partial charge in [-0.3, -0.25) is 9.69 Å². The molecule has 142 valence electrons. The average Bonchev–Trinajstić information content (AvgIpc) is 3.33. The molecule has 0 unspecified atom stereocenters.